The molecule has 0 unspecified atom stereocenters. The smallest absolute Gasteiger partial charge is 0.186 e. The number of halogens is 3. The highest BCUT2D eigenvalue weighted by atomic mass is 19.4. The molecule has 39 heavy (non-hydrogen) atoms. The Morgan fingerprint density at radius 1 is 0.564 bits per heavy atom. The predicted molar refractivity (Wildman–Crippen MR) is 148 cm³/mol. The normalized spacial score (nSPS) is 13.7. The zero-order valence-electron chi connectivity index (χ0n) is 21.4. The summed E-state index contributed by atoms with van der Waals surface area (Å²) in [4.78, 5) is 0. The molecule has 0 atom stereocenters. The van der Waals surface area contributed by atoms with Crippen LogP contribution in [0.3, 0.4) is 0 Å². The van der Waals surface area contributed by atoms with Crippen molar-refractivity contribution in [1.29, 1.82) is 0 Å². The van der Waals surface area contributed by atoms with Gasteiger partial charge in [-0.15, -0.1) is 0 Å². The lowest BCUT2D eigenvalue weighted by Gasteiger charge is -2.28. The van der Waals surface area contributed by atoms with E-state index in [1.165, 1.54) is 68.0 Å². The Bertz CT molecular complexity index is 1620. The minimum Gasteiger partial charge on any atom is -0.186 e. The Morgan fingerprint density at radius 2 is 1.08 bits per heavy atom. The van der Waals surface area contributed by atoms with E-state index in [2.05, 4.69) is 83.4 Å². The number of hydrogen-bond acceptors (Lipinski definition) is 0. The molecule has 0 amide bonds. The van der Waals surface area contributed by atoms with Crippen molar-refractivity contribution < 1.29 is 17.7 Å². The Labute approximate surface area is 226 Å². The highest BCUT2D eigenvalue weighted by molar-refractivity contribution is 5.85. The number of pyridine rings is 1. The zero-order valence-corrected chi connectivity index (χ0v) is 21.4. The van der Waals surface area contributed by atoms with Gasteiger partial charge in [-0.1, -0.05) is 78.9 Å². The van der Waals surface area contributed by atoms with Gasteiger partial charge >= 0.3 is 6.18 Å². The van der Waals surface area contributed by atoms with Gasteiger partial charge in [-0.2, -0.15) is 17.7 Å². The van der Waals surface area contributed by atoms with Gasteiger partial charge in [-0.05, 0) is 66.6 Å². The third kappa shape index (κ3) is 4.06. The Balaban J connectivity index is 1.55. The fourth-order valence-corrected chi connectivity index (χ4v) is 6.51. The van der Waals surface area contributed by atoms with E-state index in [4.69, 9.17) is 0 Å². The number of hydrogen-bond donors (Lipinski definition) is 0. The largest absolute Gasteiger partial charge is 0.416 e. The van der Waals surface area contributed by atoms with Gasteiger partial charge in [-0.3, -0.25) is 0 Å². The van der Waals surface area contributed by atoms with E-state index in [0.717, 1.165) is 31.2 Å². The number of aromatic nitrogens is 1. The van der Waals surface area contributed by atoms with Crippen molar-refractivity contribution in [3.8, 4) is 33.6 Å². The van der Waals surface area contributed by atoms with Crippen LogP contribution in [0.15, 0.2) is 103 Å². The second-order valence-electron chi connectivity index (χ2n) is 10.5. The molecule has 0 saturated carbocycles. The van der Waals surface area contributed by atoms with Crippen LogP contribution in [0.2, 0.25) is 0 Å². The molecule has 2 aliphatic carbocycles. The first kappa shape index (κ1) is 23.9. The molecule has 5 aromatic rings. The molecule has 0 aliphatic heterocycles. The van der Waals surface area contributed by atoms with E-state index < -0.39 is 11.7 Å². The maximum absolute atomic E-state index is 13.3. The molecule has 0 radical (unpaired) electrons. The molecule has 0 N–H and O–H groups in total. The summed E-state index contributed by atoms with van der Waals surface area (Å²) in [6.07, 6.45) is -0.548. The summed E-state index contributed by atoms with van der Waals surface area (Å²) in [5.41, 5.74) is 12.9. The van der Waals surface area contributed by atoms with E-state index >= 15 is 0 Å². The molecule has 4 aromatic carbocycles. The Morgan fingerprint density at radius 3 is 1.62 bits per heavy atom. The SMILES string of the molecule is FC(F)(F)c1ccc(C[n+]2c3c(c(-c4ccccc4)c4c2-c2ccccc2CC4)CCc2ccccc2-3)cc1. The van der Waals surface area contributed by atoms with Gasteiger partial charge in [0.25, 0.3) is 0 Å². The lowest BCUT2D eigenvalue weighted by atomic mass is 9.77. The van der Waals surface area contributed by atoms with Crippen molar-refractivity contribution in [2.24, 2.45) is 0 Å². The van der Waals surface area contributed by atoms with Crippen molar-refractivity contribution in [2.75, 3.05) is 0 Å². The summed E-state index contributed by atoms with van der Waals surface area (Å²) in [6.45, 7) is 0.501. The van der Waals surface area contributed by atoms with Crippen LogP contribution in [0.4, 0.5) is 13.2 Å². The minimum absolute atomic E-state index is 0.501. The van der Waals surface area contributed by atoms with Crippen LogP contribution in [0, 0.1) is 0 Å². The summed E-state index contributed by atoms with van der Waals surface area (Å²) < 4.78 is 42.4. The van der Waals surface area contributed by atoms with Crippen LogP contribution in [-0.2, 0) is 38.4 Å². The molecule has 0 spiro atoms. The van der Waals surface area contributed by atoms with E-state index in [1.807, 2.05) is 0 Å². The van der Waals surface area contributed by atoms with Crippen molar-refractivity contribution in [1.82, 2.24) is 0 Å². The van der Waals surface area contributed by atoms with Crippen molar-refractivity contribution in [2.45, 2.75) is 38.4 Å². The average Bonchev–Trinajstić information content (AvgIpc) is 2.97. The lowest BCUT2D eigenvalue weighted by Crippen LogP contribution is -2.44. The molecule has 7 rings (SSSR count). The maximum Gasteiger partial charge on any atom is 0.416 e. The molecule has 1 heterocycles. The molecule has 0 saturated heterocycles. The second kappa shape index (κ2) is 9.23. The topological polar surface area (TPSA) is 3.88 Å². The number of nitrogens with zero attached hydrogens (tertiary/aromatic N) is 1. The van der Waals surface area contributed by atoms with Gasteiger partial charge in [-0.25, -0.2) is 0 Å². The highest BCUT2D eigenvalue weighted by Gasteiger charge is 2.38. The maximum atomic E-state index is 13.3. The van der Waals surface area contributed by atoms with Gasteiger partial charge in [0.2, 0.25) is 11.4 Å². The Kier molecular flexibility index (Phi) is 5.66. The molecule has 4 heteroatoms. The fourth-order valence-electron chi connectivity index (χ4n) is 6.51. The Hall–Kier alpha value is -4.18. The lowest BCUT2D eigenvalue weighted by molar-refractivity contribution is -0.667. The molecule has 0 bridgehead atoms. The minimum atomic E-state index is -4.35. The predicted octanol–water partition coefficient (Wildman–Crippen LogP) is 8.24. The van der Waals surface area contributed by atoms with Crippen molar-refractivity contribution in [3.63, 3.8) is 0 Å². The third-order valence-corrected chi connectivity index (χ3v) is 8.23. The van der Waals surface area contributed by atoms with E-state index in [1.54, 1.807) is 12.1 Å². The van der Waals surface area contributed by atoms with Crippen LogP contribution in [0.1, 0.15) is 33.4 Å². The first-order chi connectivity index (χ1) is 19.0. The van der Waals surface area contributed by atoms with E-state index in [-0.39, 0.29) is 0 Å². The van der Waals surface area contributed by atoms with E-state index in [9.17, 15) is 13.2 Å². The quantitative estimate of drug-likeness (QED) is 0.212. The van der Waals surface area contributed by atoms with Crippen LogP contribution in [-0.4, -0.2) is 0 Å². The molecule has 2 aliphatic rings. The van der Waals surface area contributed by atoms with Crippen molar-refractivity contribution in [3.05, 3.63) is 137 Å². The van der Waals surface area contributed by atoms with Crippen LogP contribution >= 0.6 is 0 Å². The second-order valence-corrected chi connectivity index (χ2v) is 10.5. The standard InChI is InChI=1S/C35H27F3N/c36-35(37,38)27-18-14-23(15-19-27)22-39-33-28-12-6-4-8-24(28)16-20-30(33)32(26-10-2-1-3-11-26)31-21-17-25-9-5-7-13-29(25)34(31)39/h1-15,18-19H,16-17,20-22H2/q+1. The molecular weight excluding hydrogens is 491 g/mol. The number of aryl methyl sites for hydroxylation is 2. The van der Waals surface area contributed by atoms with E-state index in [0.29, 0.717) is 6.54 Å². The molecule has 192 valence electrons. The van der Waals surface area contributed by atoms with Gasteiger partial charge in [0.05, 0.1) is 5.56 Å². The number of rotatable bonds is 3. The summed E-state index contributed by atoms with van der Waals surface area (Å²) in [7, 11) is 0. The average molecular weight is 519 g/mol. The first-order valence-corrected chi connectivity index (χ1v) is 13.5. The molecule has 1 nitrogen and oxygen atoms in total. The number of benzene rings is 4. The highest BCUT2D eigenvalue weighted by Crippen LogP contribution is 2.44. The van der Waals surface area contributed by atoms with Gasteiger partial charge < -0.3 is 0 Å². The summed E-state index contributed by atoms with van der Waals surface area (Å²) in [5, 5.41) is 0. The molecular formula is C35H27F3N+. The van der Waals surface area contributed by atoms with Gasteiger partial charge in [0, 0.05) is 33.4 Å². The summed E-state index contributed by atoms with van der Waals surface area (Å²) in [6, 6.07) is 33.5. The number of fused-ring (bicyclic) bond motifs is 6. The fraction of sp³-hybridized carbons (Fsp3) is 0.171. The van der Waals surface area contributed by atoms with Crippen LogP contribution < -0.4 is 4.57 Å². The summed E-state index contributed by atoms with van der Waals surface area (Å²) in [5.74, 6) is 0. The van der Waals surface area contributed by atoms with Crippen molar-refractivity contribution >= 4 is 0 Å². The zero-order chi connectivity index (χ0) is 26.6. The first-order valence-electron chi connectivity index (χ1n) is 13.5. The van der Waals surface area contributed by atoms with Gasteiger partial charge in [0.1, 0.15) is 0 Å². The molecule has 0 fully saturated rings. The monoisotopic (exact) mass is 518 g/mol. The number of alkyl halides is 3. The summed E-state index contributed by atoms with van der Waals surface area (Å²) >= 11 is 0. The van der Waals surface area contributed by atoms with Gasteiger partial charge in [0.15, 0.2) is 6.54 Å². The molecule has 1 aromatic heterocycles. The van der Waals surface area contributed by atoms with Crippen LogP contribution in [0.25, 0.3) is 33.6 Å². The van der Waals surface area contributed by atoms with Crippen LogP contribution in [0.5, 0.6) is 0 Å². The third-order valence-electron chi connectivity index (χ3n) is 8.23.